The highest BCUT2D eigenvalue weighted by Gasteiger charge is 2.11. The molecule has 1 aromatic heterocycles. The maximum Gasteiger partial charge on any atom is 0.354 e. The average Bonchev–Trinajstić information content (AvgIpc) is 2.03. The number of anilines is 1. The first kappa shape index (κ1) is 15.3. The summed E-state index contributed by atoms with van der Waals surface area (Å²) in [4.78, 5) is 24.2. The molecule has 0 saturated carbocycles. The van der Waals surface area contributed by atoms with Crippen molar-refractivity contribution in [2.24, 2.45) is 0 Å². The summed E-state index contributed by atoms with van der Waals surface area (Å²) in [6.45, 7) is 0. The van der Waals surface area contributed by atoms with Crippen molar-refractivity contribution < 1.29 is 19.8 Å². The number of quaternary nitrogens is 2. The molecule has 0 amide bonds. The van der Waals surface area contributed by atoms with Crippen molar-refractivity contribution in [2.75, 3.05) is 5.73 Å². The Kier molecular flexibility index (Phi) is 5.63. The van der Waals surface area contributed by atoms with Gasteiger partial charge >= 0.3 is 11.9 Å². The second-order valence-corrected chi connectivity index (χ2v) is 2.28. The molecule has 8 heteroatoms. The number of aromatic nitrogens is 1. The van der Waals surface area contributed by atoms with Crippen LogP contribution in [0, 0.1) is 0 Å². The van der Waals surface area contributed by atoms with Crippen LogP contribution < -0.4 is 18.0 Å². The van der Waals surface area contributed by atoms with E-state index < -0.39 is 11.9 Å². The summed E-state index contributed by atoms with van der Waals surface area (Å²) in [5, 5.41) is 17.0. The van der Waals surface area contributed by atoms with Gasteiger partial charge in [0.1, 0.15) is 0 Å². The van der Waals surface area contributed by atoms with E-state index in [1.807, 2.05) is 0 Å². The van der Waals surface area contributed by atoms with Crippen LogP contribution in [0.5, 0.6) is 0 Å². The number of nitrogens with two attached hydrogens (primary N) is 1. The van der Waals surface area contributed by atoms with Crippen LogP contribution in [-0.2, 0) is 0 Å². The summed E-state index contributed by atoms with van der Waals surface area (Å²) in [7, 11) is 0. The van der Waals surface area contributed by atoms with Crippen molar-refractivity contribution in [3.8, 4) is 0 Å². The first-order valence-corrected chi connectivity index (χ1v) is 3.25. The number of pyridine rings is 1. The minimum atomic E-state index is -1.31. The van der Waals surface area contributed by atoms with Crippen molar-refractivity contribution in [3.63, 3.8) is 0 Å². The zero-order valence-electron chi connectivity index (χ0n) is 8.39. The van der Waals surface area contributed by atoms with Crippen LogP contribution in [-0.4, -0.2) is 27.1 Å². The Labute approximate surface area is 84.9 Å². The van der Waals surface area contributed by atoms with Crippen molar-refractivity contribution in [2.45, 2.75) is 0 Å². The number of hydrogen-bond donors (Lipinski definition) is 5. The topological polar surface area (TPSA) is 187 Å². The number of aromatic carboxylic acids is 2. The number of carboxylic acids is 2. The Hall–Kier alpha value is -2.19. The summed E-state index contributed by atoms with van der Waals surface area (Å²) >= 11 is 0. The lowest BCUT2D eigenvalue weighted by Gasteiger charge is -1.98. The van der Waals surface area contributed by atoms with E-state index in [1.54, 1.807) is 0 Å². The quantitative estimate of drug-likeness (QED) is 0.488. The highest BCUT2D eigenvalue weighted by Crippen LogP contribution is 2.07. The van der Waals surface area contributed by atoms with Gasteiger partial charge in [0.15, 0.2) is 11.4 Å². The molecule has 1 aromatic rings. The van der Waals surface area contributed by atoms with Gasteiger partial charge in [-0.2, -0.15) is 0 Å². The normalized spacial score (nSPS) is 8.27. The van der Waals surface area contributed by atoms with Gasteiger partial charge in [0, 0.05) is 5.69 Å². The zero-order chi connectivity index (χ0) is 10.0. The van der Waals surface area contributed by atoms with E-state index in [1.165, 1.54) is 0 Å². The average molecular weight is 218 g/mol. The fourth-order valence-electron chi connectivity index (χ4n) is 0.771. The molecular weight excluding hydrogens is 204 g/mol. The van der Waals surface area contributed by atoms with E-state index in [2.05, 4.69) is 4.98 Å². The zero-order valence-corrected chi connectivity index (χ0v) is 8.39. The summed E-state index contributed by atoms with van der Waals surface area (Å²) in [5.74, 6) is -2.62. The fourth-order valence-corrected chi connectivity index (χ4v) is 0.771. The molecule has 1 rings (SSSR count). The summed E-state index contributed by atoms with van der Waals surface area (Å²) in [6, 6.07) is 2.18. The van der Waals surface area contributed by atoms with Gasteiger partial charge in [-0.1, -0.05) is 0 Å². The molecule has 12 N–H and O–H groups in total. The molecular formula is C7H14N4O4+2. The second-order valence-electron chi connectivity index (χ2n) is 2.28. The molecule has 84 valence electrons. The molecule has 8 nitrogen and oxygen atoms in total. The van der Waals surface area contributed by atoms with Gasteiger partial charge in [0.25, 0.3) is 0 Å². The standard InChI is InChI=1S/C7H6N2O4.2H3N/c8-3-1-4(6(10)11)9-5(2-3)7(12)13;;/h1-2H,(H2,8,9)(H,10,11)(H,12,13);2*1H3/p+2. The van der Waals surface area contributed by atoms with Gasteiger partial charge in [0.05, 0.1) is 0 Å². The van der Waals surface area contributed by atoms with E-state index in [-0.39, 0.29) is 29.4 Å². The van der Waals surface area contributed by atoms with Crippen LogP contribution in [0.3, 0.4) is 0 Å². The van der Waals surface area contributed by atoms with E-state index in [0.29, 0.717) is 0 Å². The van der Waals surface area contributed by atoms with Crippen LogP contribution in [0.25, 0.3) is 0 Å². The highest BCUT2D eigenvalue weighted by molar-refractivity contribution is 5.91. The molecule has 0 aliphatic carbocycles. The van der Waals surface area contributed by atoms with Crippen LogP contribution >= 0.6 is 0 Å². The lowest BCUT2D eigenvalue weighted by molar-refractivity contribution is 0.0685. The minimum Gasteiger partial charge on any atom is -0.477 e. The highest BCUT2D eigenvalue weighted by atomic mass is 16.4. The predicted molar refractivity (Wildman–Crippen MR) is 54.5 cm³/mol. The molecule has 0 aliphatic heterocycles. The molecule has 0 spiro atoms. The van der Waals surface area contributed by atoms with Crippen LogP contribution in [0.4, 0.5) is 5.69 Å². The molecule has 0 unspecified atom stereocenters. The SMILES string of the molecule is Nc1cc(C(=O)O)nc(C(=O)O)c1.[NH4+].[NH4+]. The van der Waals surface area contributed by atoms with E-state index in [4.69, 9.17) is 15.9 Å². The van der Waals surface area contributed by atoms with Crippen molar-refractivity contribution in [1.29, 1.82) is 0 Å². The lowest BCUT2D eigenvalue weighted by Crippen LogP contribution is -2.08. The molecule has 0 atom stereocenters. The molecule has 0 radical (unpaired) electrons. The molecule has 1 heterocycles. The van der Waals surface area contributed by atoms with E-state index >= 15 is 0 Å². The second kappa shape index (κ2) is 5.52. The van der Waals surface area contributed by atoms with Crippen LogP contribution in [0.1, 0.15) is 21.0 Å². The third kappa shape index (κ3) is 3.58. The number of rotatable bonds is 2. The van der Waals surface area contributed by atoms with Gasteiger partial charge in [-0.15, -0.1) is 0 Å². The third-order valence-corrected chi connectivity index (χ3v) is 1.29. The van der Waals surface area contributed by atoms with Crippen LogP contribution in [0.15, 0.2) is 12.1 Å². The summed E-state index contributed by atoms with van der Waals surface area (Å²) < 4.78 is 0. The largest absolute Gasteiger partial charge is 0.477 e. The summed E-state index contributed by atoms with van der Waals surface area (Å²) in [5.41, 5.74) is 4.57. The number of hydrogen-bond acceptors (Lipinski definition) is 4. The maximum absolute atomic E-state index is 10.4. The Morgan fingerprint density at radius 1 is 1.07 bits per heavy atom. The Morgan fingerprint density at radius 3 is 1.67 bits per heavy atom. The smallest absolute Gasteiger partial charge is 0.354 e. The van der Waals surface area contributed by atoms with Crippen molar-refractivity contribution in [3.05, 3.63) is 23.5 Å². The Balaban J connectivity index is 0. The van der Waals surface area contributed by atoms with Crippen LogP contribution in [0.2, 0.25) is 0 Å². The number of nitrogens with zero attached hydrogens (tertiary/aromatic N) is 1. The molecule has 0 aromatic carbocycles. The van der Waals surface area contributed by atoms with E-state index in [0.717, 1.165) is 12.1 Å². The number of carbonyl (C=O) groups is 2. The van der Waals surface area contributed by atoms with Gasteiger partial charge in [-0.25, -0.2) is 14.6 Å². The molecule has 0 saturated heterocycles. The van der Waals surface area contributed by atoms with Crippen molar-refractivity contribution in [1.82, 2.24) is 17.3 Å². The van der Waals surface area contributed by atoms with Gasteiger partial charge in [-0.3, -0.25) is 0 Å². The first-order valence-electron chi connectivity index (χ1n) is 3.25. The number of nitrogen functional groups attached to an aromatic ring is 1. The minimum absolute atomic E-state index is 0. The Morgan fingerprint density at radius 2 is 1.40 bits per heavy atom. The molecule has 0 fully saturated rings. The predicted octanol–water partition coefficient (Wildman–Crippen LogP) is 0.813. The van der Waals surface area contributed by atoms with Gasteiger partial charge < -0.3 is 28.2 Å². The van der Waals surface area contributed by atoms with E-state index in [9.17, 15) is 9.59 Å². The summed E-state index contributed by atoms with van der Waals surface area (Å²) in [6.07, 6.45) is 0. The molecule has 0 aliphatic rings. The third-order valence-electron chi connectivity index (χ3n) is 1.29. The molecule has 15 heavy (non-hydrogen) atoms. The Bertz CT molecular complexity index is 347. The fraction of sp³-hybridized carbons (Fsp3) is 0. The monoisotopic (exact) mass is 218 g/mol. The first-order chi connectivity index (χ1) is 6.00. The lowest BCUT2D eigenvalue weighted by atomic mass is 10.2. The van der Waals surface area contributed by atoms with Crippen molar-refractivity contribution >= 4 is 17.6 Å². The van der Waals surface area contributed by atoms with Gasteiger partial charge in [0.2, 0.25) is 0 Å². The van der Waals surface area contributed by atoms with Gasteiger partial charge in [-0.05, 0) is 12.1 Å². The molecule has 0 bridgehead atoms. The maximum atomic E-state index is 10.4. The number of carboxylic acid groups (broad SMARTS) is 2.